The third-order valence-corrected chi connectivity index (χ3v) is 10.1. The summed E-state index contributed by atoms with van der Waals surface area (Å²) in [6.45, 7) is 6.02. The fraction of sp³-hybridized carbons (Fsp3) is 0.355. The van der Waals surface area contributed by atoms with Crippen LogP contribution in [0.1, 0.15) is 44.7 Å². The van der Waals surface area contributed by atoms with Crippen molar-refractivity contribution in [3.63, 3.8) is 0 Å². The number of halogens is 3. The van der Waals surface area contributed by atoms with Crippen LogP contribution in [-0.4, -0.2) is 55.8 Å². The molecule has 0 saturated heterocycles. The largest absolute Gasteiger partial charge is 0.495 e. The zero-order valence-electron chi connectivity index (χ0n) is 25.9. The van der Waals surface area contributed by atoms with Crippen molar-refractivity contribution in [3.8, 4) is 5.75 Å². The molecule has 0 aliphatic rings. The van der Waals surface area contributed by atoms with E-state index in [9.17, 15) is 28.1 Å². The van der Waals surface area contributed by atoms with Gasteiger partial charge in [0.25, 0.3) is 15.7 Å². The number of nitrogens with one attached hydrogen (secondary N) is 1. The molecule has 0 bridgehead atoms. The molecule has 11 nitrogen and oxygen atoms in total. The topological polar surface area (TPSA) is 139 Å². The standard InChI is InChI=1S/C31H35Cl3N4O7S/c1-6-20(4)35-31(40)26(7-2)36(17-21-9-12-24(33)25(34)14-21)30(39)18-37(28-15-22(32)10-13-29(28)45-5)46(43,44)23-11-8-19(3)27(16-23)38(41)42/h8-16,20,26H,6-7,17-18H2,1-5H3,(H,35,40)/t20-,26+/m1/s1. The lowest BCUT2D eigenvalue weighted by Crippen LogP contribution is -2.53. The number of methoxy groups -OCH3 is 1. The van der Waals surface area contributed by atoms with Gasteiger partial charge in [-0.15, -0.1) is 0 Å². The number of carbonyl (C=O) groups is 2. The quantitative estimate of drug-likeness (QED) is 0.143. The van der Waals surface area contributed by atoms with Crippen LogP contribution in [0.2, 0.25) is 15.1 Å². The van der Waals surface area contributed by atoms with Gasteiger partial charge in [-0.25, -0.2) is 8.42 Å². The summed E-state index contributed by atoms with van der Waals surface area (Å²) in [6.07, 6.45) is 0.846. The maximum atomic E-state index is 14.3. The number of hydrogen-bond donors (Lipinski definition) is 1. The summed E-state index contributed by atoms with van der Waals surface area (Å²) in [5.41, 5.74) is 0.289. The fourth-order valence-corrected chi connectivity index (χ4v) is 6.56. The number of hydrogen-bond acceptors (Lipinski definition) is 7. The second-order valence-corrected chi connectivity index (χ2v) is 13.7. The minimum Gasteiger partial charge on any atom is -0.495 e. The number of ether oxygens (including phenoxy) is 1. The van der Waals surface area contributed by atoms with E-state index in [0.29, 0.717) is 17.0 Å². The molecule has 15 heteroatoms. The van der Waals surface area contributed by atoms with Crippen LogP contribution in [0.25, 0.3) is 0 Å². The third kappa shape index (κ3) is 8.61. The van der Waals surface area contributed by atoms with E-state index < -0.39 is 49.9 Å². The third-order valence-electron chi connectivity index (χ3n) is 7.38. The van der Waals surface area contributed by atoms with Gasteiger partial charge in [-0.2, -0.15) is 0 Å². The Bertz CT molecular complexity index is 1720. The Morgan fingerprint density at radius 3 is 2.28 bits per heavy atom. The smallest absolute Gasteiger partial charge is 0.273 e. The number of benzene rings is 3. The van der Waals surface area contributed by atoms with E-state index in [0.717, 1.165) is 10.4 Å². The average molecular weight is 714 g/mol. The molecule has 248 valence electrons. The molecular weight excluding hydrogens is 679 g/mol. The predicted octanol–water partition coefficient (Wildman–Crippen LogP) is 6.79. The summed E-state index contributed by atoms with van der Waals surface area (Å²) < 4.78 is 34.8. The molecule has 3 rings (SSSR count). The lowest BCUT2D eigenvalue weighted by molar-refractivity contribution is -0.385. The van der Waals surface area contributed by atoms with Crippen molar-refractivity contribution in [2.45, 2.75) is 64.1 Å². The Hall–Kier alpha value is -3.58. The Labute approximate surface area is 283 Å². The molecule has 0 heterocycles. The van der Waals surface area contributed by atoms with E-state index in [4.69, 9.17) is 39.5 Å². The van der Waals surface area contributed by atoms with Crippen molar-refractivity contribution in [2.24, 2.45) is 0 Å². The molecule has 46 heavy (non-hydrogen) atoms. The first-order valence-corrected chi connectivity index (χ1v) is 16.9. The molecule has 0 aromatic heterocycles. The highest BCUT2D eigenvalue weighted by Gasteiger charge is 2.36. The fourth-order valence-electron chi connectivity index (χ4n) is 4.64. The Kier molecular flexibility index (Phi) is 12.7. The number of anilines is 1. The van der Waals surface area contributed by atoms with Crippen molar-refractivity contribution in [1.82, 2.24) is 10.2 Å². The monoisotopic (exact) mass is 712 g/mol. The van der Waals surface area contributed by atoms with Crippen LogP contribution in [0.5, 0.6) is 5.75 Å². The van der Waals surface area contributed by atoms with Crippen molar-refractivity contribution >= 4 is 68.0 Å². The number of aryl methyl sites for hydroxylation is 1. The normalized spacial score (nSPS) is 12.6. The molecule has 0 aliphatic carbocycles. The molecule has 0 spiro atoms. The summed E-state index contributed by atoms with van der Waals surface area (Å²) in [4.78, 5) is 39.6. The summed E-state index contributed by atoms with van der Waals surface area (Å²) in [7, 11) is -3.34. The molecule has 2 atom stereocenters. The zero-order chi connectivity index (χ0) is 34.3. The van der Waals surface area contributed by atoms with Crippen LogP contribution in [0.15, 0.2) is 59.5 Å². The van der Waals surface area contributed by atoms with Gasteiger partial charge < -0.3 is 15.0 Å². The van der Waals surface area contributed by atoms with Gasteiger partial charge >= 0.3 is 0 Å². The van der Waals surface area contributed by atoms with Gasteiger partial charge in [0.2, 0.25) is 11.8 Å². The van der Waals surface area contributed by atoms with Crippen molar-refractivity contribution in [3.05, 3.63) is 90.9 Å². The highest BCUT2D eigenvalue weighted by molar-refractivity contribution is 7.92. The number of nitro benzene ring substituents is 1. The van der Waals surface area contributed by atoms with Gasteiger partial charge in [0, 0.05) is 29.2 Å². The number of rotatable bonds is 14. The number of nitrogens with zero attached hydrogens (tertiary/aromatic N) is 3. The van der Waals surface area contributed by atoms with Crippen molar-refractivity contribution in [2.75, 3.05) is 18.0 Å². The zero-order valence-corrected chi connectivity index (χ0v) is 29.0. The van der Waals surface area contributed by atoms with E-state index in [1.54, 1.807) is 25.1 Å². The molecular formula is C31H35Cl3N4O7S. The van der Waals surface area contributed by atoms with Gasteiger partial charge in [-0.05, 0) is 68.7 Å². The Morgan fingerprint density at radius 1 is 1.00 bits per heavy atom. The second kappa shape index (κ2) is 15.8. The highest BCUT2D eigenvalue weighted by atomic mass is 35.5. The average Bonchev–Trinajstić information content (AvgIpc) is 3.01. The highest BCUT2D eigenvalue weighted by Crippen LogP contribution is 2.36. The lowest BCUT2D eigenvalue weighted by atomic mass is 10.1. The molecule has 0 unspecified atom stereocenters. The summed E-state index contributed by atoms with van der Waals surface area (Å²) >= 11 is 18.6. The number of carbonyl (C=O) groups excluding carboxylic acids is 2. The first kappa shape index (κ1) is 36.9. The number of sulfonamides is 1. The van der Waals surface area contributed by atoms with E-state index >= 15 is 0 Å². The van der Waals surface area contributed by atoms with Gasteiger partial charge in [-0.1, -0.05) is 60.8 Å². The number of nitro groups is 1. The SMILES string of the molecule is CC[C@@H](C)NC(=O)[C@H](CC)N(Cc1ccc(Cl)c(Cl)c1)C(=O)CN(c1cc(Cl)ccc1OC)S(=O)(=O)c1ccc(C)c([N+](=O)[O-])c1. The van der Waals surface area contributed by atoms with Gasteiger partial charge in [-0.3, -0.25) is 24.0 Å². The summed E-state index contributed by atoms with van der Waals surface area (Å²) in [6, 6.07) is 11.3. The van der Waals surface area contributed by atoms with Crippen LogP contribution in [0, 0.1) is 17.0 Å². The molecule has 0 aliphatic heterocycles. The van der Waals surface area contributed by atoms with Crippen LogP contribution < -0.4 is 14.4 Å². The van der Waals surface area contributed by atoms with E-state index in [1.807, 2.05) is 13.8 Å². The van der Waals surface area contributed by atoms with Crippen LogP contribution in [-0.2, 0) is 26.2 Å². The van der Waals surface area contributed by atoms with Crippen molar-refractivity contribution < 1.29 is 27.7 Å². The van der Waals surface area contributed by atoms with E-state index in [1.165, 1.54) is 49.3 Å². The minimum atomic E-state index is -4.66. The summed E-state index contributed by atoms with van der Waals surface area (Å²) in [5.74, 6) is -1.10. The minimum absolute atomic E-state index is 0.0694. The maximum absolute atomic E-state index is 14.3. The molecule has 2 amide bonds. The van der Waals surface area contributed by atoms with Gasteiger partial charge in [0.1, 0.15) is 18.3 Å². The van der Waals surface area contributed by atoms with E-state index in [2.05, 4.69) is 5.32 Å². The van der Waals surface area contributed by atoms with Gasteiger partial charge in [0.05, 0.1) is 32.7 Å². The van der Waals surface area contributed by atoms with E-state index in [-0.39, 0.29) is 46.1 Å². The van der Waals surface area contributed by atoms with Crippen LogP contribution in [0.4, 0.5) is 11.4 Å². The molecule has 0 saturated carbocycles. The van der Waals surface area contributed by atoms with Crippen molar-refractivity contribution in [1.29, 1.82) is 0 Å². The maximum Gasteiger partial charge on any atom is 0.273 e. The molecule has 3 aromatic rings. The Balaban J connectivity index is 2.20. The lowest BCUT2D eigenvalue weighted by Gasteiger charge is -2.34. The van der Waals surface area contributed by atoms with Crippen LogP contribution in [0.3, 0.4) is 0 Å². The summed E-state index contributed by atoms with van der Waals surface area (Å²) in [5, 5.41) is 15.3. The first-order valence-electron chi connectivity index (χ1n) is 14.3. The first-order chi connectivity index (χ1) is 21.6. The molecule has 3 aromatic carbocycles. The molecule has 0 fully saturated rings. The second-order valence-electron chi connectivity index (χ2n) is 10.5. The Morgan fingerprint density at radius 2 is 1.70 bits per heavy atom. The van der Waals surface area contributed by atoms with Gasteiger partial charge in [0.15, 0.2) is 0 Å². The molecule has 0 radical (unpaired) electrons. The predicted molar refractivity (Wildman–Crippen MR) is 179 cm³/mol. The number of amides is 2. The van der Waals surface area contributed by atoms with Crippen LogP contribution >= 0.6 is 34.8 Å². The molecule has 1 N–H and O–H groups in total.